The van der Waals surface area contributed by atoms with Crippen molar-refractivity contribution in [2.24, 2.45) is 0 Å². The van der Waals surface area contributed by atoms with Crippen LogP contribution >= 0.6 is 24.0 Å². The Morgan fingerprint density at radius 1 is 1.17 bits per heavy atom. The molecule has 5 rings (SSSR count). The van der Waals surface area contributed by atoms with E-state index >= 15 is 0 Å². The van der Waals surface area contributed by atoms with Gasteiger partial charge in [0.25, 0.3) is 0 Å². The van der Waals surface area contributed by atoms with Gasteiger partial charge in [0.05, 0.1) is 30.1 Å². The van der Waals surface area contributed by atoms with Gasteiger partial charge in [-0.05, 0) is 32.0 Å². The van der Waals surface area contributed by atoms with Crippen molar-refractivity contribution in [2.45, 2.75) is 31.5 Å². The second-order valence-electron chi connectivity index (χ2n) is 8.82. The van der Waals surface area contributed by atoms with Crippen LogP contribution in [0.3, 0.4) is 0 Å². The van der Waals surface area contributed by atoms with E-state index in [0.29, 0.717) is 59.8 Å². The molecule has 1 fully saturated rings. The highest BCUT2D eigenvalue weighted by atomic mass is 35.5. The molecule has 36 heavy (non-hydrogen) atoms. The number of hydrogen-bond acceptors (Lipinski definition) is 8. The lowest BCUT2D eigenvalue weighted by molar-refractivity contribution is 0.0949. The summed E-state index contributed by atoms with van der Waals surface area (Å²) in [6.07, 6.45) is 4.09. The Bertz CT molecular complexity index is 1210. The number of hydrogen-bond donors (Lipinski definition) is 2. The molecule has 0 spiro atoms. The Morgan fingerprint density at radius 3 is 2.67 bits per heavy atom. The van der Waals surface area contributed by atoms with E-state index in [1.54, 1.807) is 12.3 Å². The van der Waals surface area contributed by atoms with Gasteiger partial charge in [-0.25, -0.2) is 4.39 Å². The van der Waals surface area contributed by atoms with Gasteiger partial charge >= 0.3 is 0 Å². The monoisotopic (exact) mass is 538 g/mol. The van der Waals surface area contributed by atoms with Gasteiger partial charge in [0, 0.05) is 48.4 Å². The number of piperidine rings is 1. The molecule has 0 amide bonds. The summed E-state index contributed by atoms with van der Waals surface area (Å²) >= 11 is 6.39. The van der Waals surface area contributed by atoms with Crippen molar-refractivity contribution in [3.63, 3.8) is 0 Å². The highest BCUT2D eigenvalue weighted by Crippen LogP contribution is 2.34. The Hall–Kier alpha value is -2.43. The van der Waals surface area contributed by atoms with Gasteiger partial charge in [0.1, 0.15) is 24.5 Å². The van der Waals surface area contributed by atoms with E-state index < -0.39 is 11.9 Å². The minimum absolute atomic E-state index is 0. The van der Waals surface area contributed by atoms with E-state index in [1.165, 1.54) is 19.4 Å². The van der Waals surface area contributed by atoms with Crippen molar-refractivity contribution in [3.8, 4) is 17.2 Å². The first-order valence-corrected chi connectivity index (χ1v) is 12.1. The van der Waals surface area contributed by atoms with Gasteiger partial charge in [-0.3, -0.25) is 9.97 Å². The van der Waals surface area contributed by atoms with Crippen LogP contribution in [0, 0.1) is 5.82 Å². The minimum Gasteiger partial charge on any atom is -0.497 e. The van der Waals surface area contributed by atoms with Crippen molar-refractivity contribution in [2.75, 3.05) is 40.0 Å². The third kappa shape index (κ3) is 5.76. The van der Waals surface area contributed by atoms with E-state index in [2.05, 4.69) is 20.2 Å². The van der Waals surface area contributed by atoms with Gasteiger partial charge in [0.2, 0.25) is 0 Å². The average molecular weight is 539 g/mol. The fraction of sp³-hybridized carbons (Fsp3) is 0.440. The molecule has 0 bridgehead atoms. The van der Waals surface area contributed by atoms with E-state index in [0.717, 1.165) is 37.4 Å². The smallest absolute Gasteiger partial charge is 0.179 e. The van der Waals surface area contributed by atoms with Gasteiger partial charge in [-0.1, -0.05) is 11.6 Å². The average Bonchev–Trinajstić information content (AvgIpc) is 2.87. The largest absolute Gasteiger partial charge is 0.497 e. The Balaban J connectivity index is 0.00000304. The molecule has 0 unspecified atom stereocenters. The molecule has 3 aromatic rings. The summed E-state index contributed by atoms with van der Waals surface area (Å²) in [6, 6.07) is 5.21. The summed E-state index contributed by atoms with van der Waals surface area (Å²) in [4.78, 5) is 10.8. The highest BCUT2D eigenvalue weighted by Gasteiger charge is 2.25. The molecule has 2 aromatic heterocycles. The number of aliphatic hydroxyl groups is 1. The number of aromatic nitrogens is 2. The van der Waals surface area contributed by atoms with Crippen LogP contribution in [0.15, 0.2) is 30.6 Å². The van der Waals surface area contributed by atoms with Crippen LogP contribution in [0.4, 0.5) is 4.39 Å². The standard InChI is InChI=1S/C25H28ClFN4O4.ClH/c1-33-17-9-18-24(19(26)12-30-25(18)20(27)10-17)21(32)14-31-4-2-15(3-5-31)28-11-16-8-22-23(13-29-16)35-7-6-34-22;/h8-10,12-13,15,21,28,32H,2-7,11,14H2,1H3;1H/t21-;/m0./s1. The second kappa shape index (κ2) is 11.7. The fourth-order valence-corrected chi connectivity index (χ4v) is 4.95. The predicted octanol–water partition coefficient (Wildman–Crippen LogP) is 3.91. The molecule has 0 saturated carbocycles. The number of methoxy groups -OCH3 is 1. The first kappa shape index (κ1) is 26.6. The number of halogens is 3. The zero-order valence-electron chi connectivity index (χ0n) is 19.9. The normalized spacial score (nSPS) is 17.0. The lowest BCUT2D eigenvalue weighted by Gasteiger charge is -2.34. The highest BCUT2D eigenvalue weighted by molar-refractivity contribution is 6.32. The summed E-state index contributed by atoms with van der Waals surface area (Å²) in [7, 11) is 1.47. The Labute approximate surface area is 220 Å². The lowest BCUT2D eigenvalue weighted by Crippen LogP contribution is -2.43. The van der Waals surface area contributed by atoms with Crippen LogP contribution in [-0.4, -0.2) is 66.0 Å². The van der Waals surface area contributed by atoms with Gasteiger partial charge in [0.15, 0.2) is 17.3 Å². The van der Waals surface area contributed by atoms with Crippen molar-refractivity contribution >= 4 is 34.9 Å². The molecule has 1 aromatic carbocycles. The van der Waals surface area contributed by atoms with E-state index in [4.69, 9.17) is 25.8 Å². The summed E-state index contributed by atoms with van der Waals surface area (Å²) in [5, 5.41) is 15.4. The molecule has 1 saturated heterocycles. The zero-order valence-corrected chi connectivity index (χ0v) is 21.4. The second-order valence-corrected chi connectivity index (χ2v) is 9.22. The summed E-state index contributed by atoms with van der Waals surface area (Å²) in [6.45, 7) is 3.79. The first-order valence-electron chi connectivity index (χ1n) is 11.7. The molecule has 8 nitrogen and oxygen atoms in total. The number of benzene rings is 1. The summed E-state index contributed by atoms with van der Waals surface area (Å²) in [5.41, 5.74) is 1.55. The maximum atomic E-state index is 14.5. The van der Waals surface area contributed by atoms with Gasteiger partial charge in [-0.15, -0.1) is 12.4 Å². The Kier molecular flexibility index (Phi) is 8.69. The third-order valence-corrected chi connectivity index (χ3v) is 6.84. The number of aliphatic hydroxyl groups excluding tert-OH is 1. The summed E-state index contributed by atoms with van der Waals surface area (Å²) in [5.74, 6) is 1.28. The lowest BCUT2D eigenvalue weighted by atomic mass is 10.0. The summed E-state index contributed by atoms with van der Waals surface area (Å²) < 4.78 is 30.8. The molecule has 0 aliphatic carbocycles. The van der Waals surface area contributed by atoms with Gasteiger partial charge < -0.3 is 29.5 Å². The number of likely N-dealkylation sites (tertiary alicyclic amines) is 1. The maximum Gasteiger partial charge on any atom is 0.179 e. The SMILES string of the molecule is COc1cc(F)c2ncc(Cl)c([C@@H](O)CN3CCC(NCc4cc5c(cn4)OCCO5)CC3)c2c1.Cl. The molecule has 4 heterocycles. The van der Waals surface area contributed by atoms with Crippen molar-refractivity contribution < 1.29 is 23.7 Å². The van der Waals surface area contributed by atoms with Crippen molar-refractivity contribution in [1.29, 1.82) is 0 Å². The van der Waals surface area contributed by atoms with Crippen LogP contribution < -0.4 is 19.5 Å². The number of fused-ring (bicyclic) bond motifs is 2. The molecule has 2 N–H and O–H groups in total. The maximum absolute atomic E-state index is 14.5. The molecule has 0 radical (unpaired) electrons. The molecule has 194 valence electrons. The van der Waals surface area contributed by atoms with Crippen LogP contribution in [0.25, 0.3) is 10.9 Å². The molecule has 11 heteroatoms. The zero-order chi connectivity index (χ0) is 24.4. The van der Waals surface area contributed by atoms with Crippen molar-refractivity contribution in [1.82, 2.24) is 20.2 Å². The molecular formula is C25H29Cl2FN4O4. The van der Waals surface area contributed by atoms with E-state index in [1.807, 2.05) is 6.07 Å². The van der Waals surface area contributed by atoms with E-state index in [9.17, 15) is 9.50 Å². The molecule has 2 aliphatic rings. The molecule has 2 aliphatic heterocycles. The number of pyridine rings is 2. The number of nitrogens with zero attached hydrogens (tertiary/aromatic N) is 3. The number of nitrogens with one attached hydrogen (secondary N) is 1. The van der Waals surface area contributed by atoms with Crippen LogP contribution in [0.1, 0.15) is 30.2 Å². The number of β-amino-alcohol motifs (C(OH)–C–C–N with tert-alkyl or cyclic N) is 1. The number of ether oxygens (including phenoxy) is 3. The van der Waals surface area contributed by atoms with Crippen LogP contribution in [0.5, 0.6) is 17.2 Å². The predicted molar refractivity (Wildman–Crippen MR) is 137 cm³/mol. The quantitative estimate of drug-likeness (QED) is 0.468. The minimum atomic E-state index is -0.883. The van der Waals surface area contributed by atoms with E-state index in [-0.39, 0.29) is 17.9 Å². The topological polar surface area (TPSA) is 89.0 Å². The first-order chi connectivity index (χ1) is 17.0. The third-order valence-electron chi connectivity index (χ3n) is 6.54. The van der Waals surface area contributed by atoms with Crippen molar-refractivity contribution in [3.05, 3.63) is 52.7 Å². The molecule has 1 atom stereocenters. The van der Waals surface area contributed by atoms with Crippen LogP contribution in [0.2, 0.25) is 5.02 Å². The number of rotatable bonds is 7. The Morgan fingerprint density at radius 2 is 1.92 bits per heavy atom. The van der Waals surface area contributed by atoms with Gasteiger partial charge in [-0.2, -0.15) is 0 Å². The fourth-order valence-electron chi connectivity index (χ4n) is 4.68. The molecular weight excluding hydrogens is 510 g/mol. The van der Waals surface area contributed by atoms with Crippen LogP contribution in [-0.2, 0) is 6.54 Å².